The number of carbonyl (C=O) groups excluding carboxylic acids is 1. The molecule has 1 N–H and O–H groups in total. The molecule has 25 heavy (non-hydrogen) atoms. The van der Waals surface area contributed by atoms with Gasteiger partial charge in [0.05, 0.1) is 28.0 Å². The second-order valence-electron chi connectivity index (χ2n) is 5.89. The van der Waals surface area contributed by atoms with Gasteiger partial charge in [0.1, 0.15) is 0 Å². The second-order valence-corrected chi connectivity index (χ2v) is 7.62. The Labute approximate surface area is 165 Å². The molecule has 132 valence electrons. The van der Waals surface area contributed by atoms with Gasteiger partial charge in [0.25, 0.3) is 0 Å². The average Bonchev–Trinajstić information content (AvgIpc) is 2.59. The monoisotopic (exact) mass is 441 g/mol. The highest BCUT2D eigenvalue weighted by atomic mass is 79.9. The van der Waals surface area contributed by atoms with Gasteiger partial charge < -0.3 is 10.2 Å². The maximum atomic E-state index is 12.3. The molecule has 1 aliphatic rings. The lowest BCUT2D eigenvalue weighted by atomic mass is 10.2. The molecule has 0 saturated carbocycles. The molecular formula is C18H18BrCl2N3O. The van der Waals surface area contributed by atoms with Crippen molar-refractivity contribution in [2.24, 2.45) is 0 Å². The van der Waals surface area contributed by atoms with Gasteiger partial charge in [0.2, 0.25) is 5.91 Å². The highest BCUT2D eigenvalue weighted by molar-refractivity contribution is 9.10. The highest BCUT2D eigenvalue weighted by Crippen LogP contribution is 2.27. The quantitative estimate of drug-likeness (QED) is 0.756. The molecule has 1 heterocycles. The minimum absolute atomic E-state index is 0.0598. The number of benzene rings is 2. The minimum atomic E-state index is -0.0598. The predicted molar refractivity (Wildman–Crippen MR) is 108 cm³/mol. The Balaban J connectivity index is 1.52. The summed E-state index contributed by atoms with van der Waals surface area (Å²) in [5, 5.41) is 4.15. The largest absolute Gasteiger partial charge is 0.368 e. The van der Waals surface area contributed by atoms with Crippen LogP contribution in [-0.2, 0) is 4.79 Å². The summed E-state index contributed by atoms with van der Waals surface area (Å²) in [6.45, 7) is 3.66. The van der Waals surface area contributed by atoms with Crippen molar-refractivity contribution in [2.75, 3.05) is 42.9 Å². The molecule has 0 bridgehead atoms. The van der Waals surface area contributed by atoms with Gasteiger partial charge >= 0.3 is 0 Å². The molecule has 7 heteroatoms. The molecule has 3 rings (SSSR count). The van der Waals surface area contributed by atoms with Gasteiger partial charge in [-0.05, 0) is 30.3 Å². The zero-order valence-electron chi connectivity index (χ0n) is 13.5. The van der Waals surface area contributed by atoms with Crippen molar-refractivity contribution in [1.29, 1.82) is 0 Å². The number of amides is 1. The fourth-order valence-electron chi connectivity index (χ4n) is 2.84. The number of piperazine rings is 1. The lowest BCUT2D eigenvalue weighted by Crippen LogP contribution is -2.48. The van der Waals surface area contributed by atoms with Crippen LogP contribution in [0.2, 0.25) is 10.0 Å². The van der Waals surface area contributed by atoms with E-state index in [1.807, 2.05) is 30.3 Å². The van der Waals surface area contributed by atoms with Crippen molar-refractivity contribution in [3.63, 3.8) is 0 Å². The van der Waals surface area contributed by atoms with Crippen LogP contribution in [0.5, 0.6) is 0 Å². The molecule has 0 aromatic heterocycles. The Morgan fingerprint density at radius 1 is 1.04 bits per heavy atom. The summed E-state index contributed by atoms with van der Waals surface area (Å²) in [6.07, 6.45) is 0. The molecule has 1 fully saturated rings. The first-order valence-electron chi connectivity index (χ1n) is 7.99. The number of para-hydroxylation sites is 1. The number of anilines is 2. The Morgan fingerprint density at radius 2 is 1.76 bits per heavy atom. The van der Waals surface area contributed by atoms with E-state index in [0.29, 0.717) is 17.3 Å². The SMILES string of the molecule is O=C(CN1CCN(c2ccccc2Cl)CC1)Nc1ccc(Br)cc1Cl. The number of nitrogens with zero attached hydrogens (tertiary/aromatic N) is 2. The summed E-state index contributed by atoms with van der Waals surface area (Å²) in [7, 11) is 0. The fourth-order valence-corrected chi connectivity index (χ4v) is 3.81. The molecule has 0 aliphatic carbocycles. The Morgan fingerprint density at radius 3 is 2.44 bits per heavy atom. The number of halogens is 3. The number of carbonyl (C=O) groups is 1. The van der Waals surface area contributed by atoms with Gasteiger partial charge in [0, 0.05) is 30.7 Å². The average molecular weight is 443 g/mol. The Hall–Kier alpha value is -1.27. The highest BCUT2D eigenvalue weighted by Gasteiger charge is 2.20. The van der Waals surface area contributed by atoms with Crippen molar-refractivity contribution in [3.8, 4) is 0 Å². The topological polar surface area (TPSA) is 35.6 Å². The van der Waals surface area contributed by atoms with Crippen LogP contribution in [0.1, 0.15) is 0 Å². The van der Waals surface area contributed by atoms with Crippen molar-refractivity contribution in [3.05, 3.63) is 57.0 Å². The maximum Gasteiger partial charge on any atom is 0.238 e. The van der Waals surface area contributed by atoms with Crippen LogP contribution < -0.4 is 10.2 Å². The van der Waals surface area contributed by atoms with E-state index >= 15 is 0 Å². The smallest absolute Gasteiger partial charge is 0.238 e. The lowest BCUT2D eigenvalue weighted by molar-refractivity contribution is -0.117. The fraction of sp³-hybridized carbons (Fsp3) is 0.278. The number of nitrogens with one attached hydrogen (secondary N) is 1. The first-order valence-corrected chi connectivity index (χ1v) is 9.54. The van der Waals surface area contributed by atoms with Crippen LogP contribution in [0.4, 0.5) is 11.4 Å². The molecule has 0 atom stereocenters. The Kier molecular flexibility index (Phi) is 6.23. The summed E-state index contributed by atoms with van der Waals surface area (Å²) in [5.41, 5.74) is 1.68. The molecule has 0 spiro atoms. The molecule has 4 nitrogen and oxygen atoms in total. The molecular weight excluding hydrogens is 425 g/mol. The summed E-state index contributed by atoms with van der Waals surface area (Å²) in [6, 6.07) is 13.3. The normalized spacial score (nSPS) is 15.2. The van der Waals surface area contributed by atoms with Gasteiger partial charge in [-0.1, -0.05) is 51.3 Å². The zero-order valence-corrected chi connectivity index (χ0v) is 16.6. The first-order chi connectivity index (χ1) is 12.0. The third-order valence-electron chi connectivity index (χ3n) is 4.14. The van der Waals surface area contributed by atoms with Gasteiger partial charge in [-0.2, -0.15) is 0 Å². The summed E-state index contributed by atoms with van der Waals surface area (Å²) in [5.74, 6) is -0.0598. The molecule has 2 aromatic rings. The van der Waals surface area contributed by atoms with Crippen molar-refractivity contribution >= 4 is 56.4 Å². The van der Waals surface area contributed by atoms with Crippen LogP contribution in [0.3, 0.4) is 0 Å². The summed E-state index contributed by atoms with van der Waals surface area (Å²) >= 11 is 15.8. The standard InChI is InChI=1S/C18H18BrCl2N3O/c19-13-5-6-16(15(21)11-13)22-18(25)12-23-7-9-24(10-8-23)17-4-2-1-3-14(17)20/h1-6,11H,7-10,12H2,(H,22,25). The van der Waals surface area contributed by atoms with Gasteiger partial charge in [-0.3, -0.25) is 9.69 Å². The first kappa shape index (κ1) is 18.5. The van der Waals surface area contributed by atoms with E-state index in [1.165, 1.54) is 0 Å². The number of hydrogen-bond acceptors (Lipinski definition) is 3. The van der Waals surface area contributed by atoms with Crippen molar-refractivity contribution in [2.45, 2.75) is 0 Å². The van der Waals surface area contributed by atoms with E-state index in [9.17, 15) is 4.79 Å². The number of hydrogen-bond donors (Lipinski definition) is 1. The third kappa shape index (κ3) is 4.88. The maximum absolute atomic E-state index is 12.3. The zero-order chi connectivity index (χ0) is 17.8. The van der Waals surface area contributed by atoms with E-state index in [0.717, 1.165) is 41.4 Å². The van der Waals surface area contributed by atoms with Crippen LogP contribution in [0, 0.1) is 0 Å². The Bertz CT molecular complexity index is 764. The van der Waals surface area contributed by atoms with Crippen LogP contribution >= 0.6 is 39.1 Å². The van der Waals surface area contributed by atoms with Crippen molar-refractivity contribution in [1.82, 2.24) is 4.90 Å². The third-order valence-corrected chi connectivity index (χ3v) is 5.26. The van der Waals surface area contributed by atoms with Crippen molar-refractivity contribution < 1.29 is 4.79 Å². The predicted octanol–water partition coefficient (Wildman–Crippen LogP) is 4.52. The molecule has 0 unspecified atom stereocenters. The van der Waals surface area contributed by atoms with Gasteiger partial charge in [0.15, 0.2) is 0 Å². The minimum Gasteiger partial charge on any atom is -0.368 e. The second kappa shape index (κ2) is 8.41. The van der Waals surface area contributed by atoms with Gasteiger partial charge in [-0.25, -0.2) is 0 Å². The van der Waals surface area contributed by atoms with Crippen LogP contribution in [-0.4, -0.2) is 43.5 Å². The van der Waals surface area contributed by atoms with E-state index in [4.69, 9.17) is 23.2 Å². The summed E-state index contributed by atoms with van der Waals surface area (Å²) in [4.78, 5) is 16.7. The summed E-state index contributed by atoms with van der Waals surface area (Å²) < 4.78 is 0.881. The molecule has 1 saturated heterocycles. The van der Waals surface area contributed by atoms with E-state index in [1.54, 1.807) is 12.1 Å². The van der Waals surface area contributed by atoms with Crippen LogP contribution in [0.25, 0.3) is 0 Å². The number of rotatable bonds is 4. The van der Waals surface area contributed by atoms with E-state index in [2.05, 4.69) is 31.0 Å². The molecule has 1 amide bonds. The van der Waals surface area contributed by atoms with E-state index < -0.39 is 0 Å². The molecule has 1 aliphatic heterocycles. The van der Waals surface area contributed by atoms with Gasteiger partial charge in [-0.15, -0.1) is 0 Å². The van der Waals surface area contributed by atoms with Crippen LogP contribution in [0.15, 0.2) is 46.9 Å². The van der Waals surface area contributed by atoms with E-state index in [-0.39, 0.29) is 5.91 Å². The molecule has 2 aromatic carbocycles. The lowest BCUT2D eigenvalue weighted by Gasteiger charge is -2.36. The molecule has 0 radical (unpaired) electrons.